The first-order valence-corrected chi connectivity index (χ1v) is 5.02. The van der Waals surface area contributed by atoms with Crippen molar-refractivity contribution in [2.45, 2.75) is 0 Å². The average Bonchev–Trinajstić information content (AvgIpc) is 2.54. The van der Waals surface area contributed by atoms with Crippen molar-refractivity contribution < 1.29 is 14.4 Å². The molecule has 2 N–H and O–H groups in total. The number of hydrogen-bond acceptors (Lipinski definition) is 3. The van der Waals surface area contributed by atoms with Gasteiger partial charge in [0, 0.05) is 12.6 Å². The molecule has 1 heterocycles. The zero-order valence-electron chi connectivity index (χ0n) is 8.92. The van der Waals surface area contributed by atoms with Gasteiger partial charge in [-0.05, 0) is 12.1 Å². The second-order valence-electron chi connectivity index (χ2n) is 3.57. The summed E-state index contributed by atoms with van der Waals surface area (Å²) >= 11 is 0. The van der Waals surface area contributed by atoms with E-state index in [1.54, 1.807) is 24.3 Å². The molecule has 0 aliphatic carbocycles. The largest absolute Gasteiger partial charge is 0.366 e. The van der Waals surface area contributed by atoms with Crippen LogP contribution in [0.3, 0.4) is 0 Å². The Bertz CT molecular complexity index is 499. The Morgan fingerprint density at radius 2 is 1.71 bits per heavy atom. The molecule has 5 nitrogen and oxygen atoms in total. The molecule has 1 aromatic carbocycles. The summed E-state index contributed by atoms with van der Waals surface area (Å²) in [5.41, 5.74) is 5.70. The first-order chi connectivity index (χ1) is 8.11. The lowest BCUT2D eigenvalue weighted by Gasteiger charge is -2.09. The molecule has 1 aliphatic heterocycles. The van der Waals surface area contributed by atoms with Gasteiger partial charge in [-0.3, -0.25) is 19.3 Å². The van der Waals surface area contributed by atoms with Gasteiger partial charge in [0.15, 0.2) is 0 Å². The highest BCUT2D eigenvalue weighted by molar-refractivity contribution is 6.21. The van der Waals surface area contributed by atoms with Crippen LogP contribution in [0.25, 0.3) is 0 Å². The van der Waals surface area contributed by atoms with Crippen molar-refractivity contribution in [1.82, 2.24) is 4.90 Å². The summed E-state index contributed by atoms with van der Waals surface area (Å²) in [6.07, 6.45) is 2.52. The molecule has 0 bridgehead atoms. The predicted octanol–water partition coefficient (Wildman–Crippen LogP) is 0.324. The molecule has 1 aliphatic rings. The SMILES string of the molecule is NC(=O)C=CCN1C(=O)c2ccccc2C1=O. The summed E-state index contributed by atoms with van der Waals surface area (Å²) in [6, 6.07) is 6.61. The molecule has 0 radical (unpaired) electrons. The molecular formula is C12H10N2O3. The highest BCUT2D eigenvalue weighted by atomic mass is 16.2. The van der Waals surface area contributed by atoms with Gasteiger partial charge in [0.25, 0.3) is 11.8 Å². The molecule has 0 fully saturated rings. The lowest BCUT2D eigenvalue weighted by Crippen LogP contribution is -2.29. The second-order valence-corrected chi connectivity index (χ2v) is 3.57. The van der Waals surface area contributed by atoms with Gasteiger partial charge < -0.3 is 5.73 Å². The monoisotopic (exact) mass is 230 g/mol. The van der Waals surface area contributed by atoms with Crippen molar-refractivity contribution in [2.75, 3.05) is 6.54 Å². The van der Waals surface area contributed by atoms with Crippen molar-refractivity contribution in [1.29, 1.82) is 0 Å². The first-order valence-electron chi connectivity index (χ1n) is 5.02. The standard InChI is InChI=1S/C12H10N2O3/c13-10(15)6-3-7-14-11(16)8-4-1-2-5-9(8)12(14)17/h1-6H,7H2,(H2,13,15). The van der Waals surface area contributed by atoms with E-state index in [9.17, 15) is 14.4 Å². The van der Waals surface area contributed by atoms with E-state index in [0.717, 1.165) is 11.0 Å². The van der Waals surface area contributed by atoms with E-state index in [1.807, 2.05) is 0 Å². The van der Waals surface area contributed by atoms with Crippen LogP contribution >= 0.6 is 0 Å². The van der Waals surface area contributed by atoms with Gasteiger partial charge in [-0.15, -0.1) is 0 Å². The number of rotatable bonds is 3. The van der Waals surface area contributed by atoms with Gasteiger partial charge in [0.1, 0.15) is 0 Å². The van der Waals surface area contributed by atoms with E-state index in [1.165, 1.54) is 6.08 Å². The van der Waals surface area contributed by atoms with Crippen LogP contribution < -0.4 is 5.73 Å². The van der Waals surface area contributed by atoms with Crippen LogP contribution in [0.4, 0.5) is 0 Å². The van der Waals surface area contributed by atoms with Gasteiger partial charge in [0.2, 0.25) is 5.91 Å². The third-order valence-electron chi connectivity index (χ3n) is 2.45. The lowest BCUT2D eigenvalue weighted by molar-refractivity contribution is -0.113. The Labute approximate surface area is 97.5 Å². The van der Waals surface area contributed by atoms with Crippen LogP contribution in [-0.4, -0.2) is 29.2 Å². The Kier molecular flexibility index (Phi) is 2.74. The van der Waals surface area contributed by atoms with Crippen LogP contribution in [0.15, 0.2) is 36.4 Å². The predicted molar refractivity (Wildman–Crippen MR) is 60.1 cm³/mol. The molecule has 0 saturated carbocycles. The van der Waals surface area contributed by atoms with Gasteiger partial charge in [0.05, 0.1) is 11.1 Å². The Hall–Kier alpha value is -2.43. The van der Waals surface area contributed by atoms with Gasteiger partial charge in [-0.2, -0.15) is 0 Å². The Balaban J connectivity index is 2.22. The molecule has 0 saturated heterocycles. The van der Waals surface area contributed by atoms with Crippen LogP contribution in [0.1, 0.15) is 20.7 Å². The second kappa shape index (κ2) is 4.21. The number of carbonyl (C=O) groups excluding carboxylic acids is 3. The first kappa shape index (κ1) is 11.1. The maximum absolute atomic E-state index is 11.8. The molecule has 5 heteroatoms. The quantitative estimate of drug-likeness (QED) is 0.600. The summed E-state index contributed by atoms with van der Waals surface area (Å²) in [6.45, 7) is 0.0509. The van der Waals surface area contributed by atoms with Crippen LogP contribution in [0, 0.1) is 0 Å². The number of imide groups is 1. The van der Waals surface area contributed by atoms with E-state index < -0.39 is 5.91 Å². The fourth-order valence-corrected chi connectivity index (χ4v) is 1.68. The maximum Gasteiger partial charge on any atom is 0.261 e. The lowest BCUT2D eigenvalue weighted by atomic mass is 10.1. The molecule has 0 atom stereocenters. The zero-order valence-corrected chi connectivity index (χ0v) is 8.92. The molecule has 86 valence electrons. The maximum atomic E-state index is 11.8. The van der Waals surface area contributed by atoms with Crippen molar-refractivity contribution in [3.05, 3.63) is 47.5 Å². The van der Waals surface area contributed by atoms with Crippen LogP contribution in [0.2, 0.25) is 0 Å². The third kappa shape index (κ3) is 1.94. The summed E-state index contributed by atoms with van der Waals surface area (Å²) < 4.78 is 0. The Morgan fingerprint density at radius 1 is 1.18 bits per heavy atom. The van der Waals surface area contributed by atoms with Crippen LogP contribution in [-0.2, 0) is 4.79 Å². The summed E-state index contributed by atoms with van der Waals surface area (Å²) in [5, 5.41) is 0. The highest BCUT2D eigenvalue weighted by Crippen LogP contribution is 2.21. The molecule has 1 aromatic rings. The number of hydrogen-bond donors (Lipinski definition) is 1. The molecule has 3 amide bonds. The number of nitrogens with two attached hydrogens (primary N) is 1. The molecule has 17 heavy (non-hydrogen) atoms. The fraction of sp³-hybridized carbons (Fsp3) is 0.0833. The normalized spacial score (nSPS) is 14.5. The van der Waals surface area contributed by atoms with E-state index >= 15 is 0 Å². The number of nitrogens with zero attached hydrogens (tertiary/aromatic N) is 1. The van der Waals surface area contributed by atoms with Crippen molar-refractivity contribution >= 4 is 17.7 Å². The number of benzene rings is 1. The van der Waals surface area contributed by atoms with Gasteiger partial charge in [-0.25, -0.2) is 0 Å². The molecule has 0 aromatic heterocycles. The van der Waals surface area contributed by atoms with Crippen LogP contribution in [0.5, 0.6) is 0 Å². The van der Waals surface area contributed by atoms with E-state index in [0.29, 0.717) is 11.1 Å². The molecular weight excluding hydrogens is 220 g/mol. The fourth-order valence-electron chi connectivity index (χ4n) is 1.68. The third-order valence-corrected chi connectivity index (χ3v) is 2.45. The minimum Gasteiger partial charge on any atom is -0.366 e. The van der Waals surface area contributed by atoms with Gasteiger partial charge >= 0.3 is 0 Å². The number of fused-ring (bicyclic) bond motifs is 1. The topological polar surface area (TPSA) is 80.5 Å². The molecule has 2 rings (SSSR count). The van der Waals surface area contributed by atoms with Gasteiger partial charge in [-0.1, -0.05) is 18.2 Å². The zero-order chi connectivity index (χ0) is 12.4. The average molecular weight is 230 g/mol. The molecule has 0 unspecified atom stereocenters. The van der Waals surface area contributed by atoms with Crippen molar-refractivity contribution in [3.8, 4) is 0 Å². The summed E-state index contributed by atoms with van der Waals surface area (Å²) in [4.78, 5) is 35.3. The number of carbonyl (C=O) groups is 3. The van der Waals surface area contributed by atoms with E-state index in [2.05, 4.69) is 0 Å². The molecule has 0 spiro atoms. The highest BCUT2D eigenvalue weighted by Gasteiger charge is 2.33. The van der Waals surface area contributed by atoms with Crippen molar-refractivity contribution in [3.63, 3.8) is 0 Å². The van der Waals surface area contributed by atoms with E-state index in [-0.39, 0.29) is 18.4 Å². The number of amides is 3. The smallest absolute Gasteiger partial charge is 0.261 e. The minimum atomic E-state index is -0.610. The summed E-state index contributed by atoms with van der Waals surface area (Å²) in [7, 11) is 0. The van der Waals surface area contributed by atoms with Crippen molar-refractivity contribution in [2.24, 2.45) is 5.73 Å². The summed E-state index contributed by atoms with van der Waals surface area (Å²) in [5.74, 6) is -1.30. The number of primary amides is 1. The van der Waals surface area contributed by atoms with E-state index in [4.69, 9.17) is 5.73 Å². The Morgan fingerprint density at radius 3 is 2.18 bits per heavy atom. The minimum absolute atomic E-state index is 0.0509.